The number of carbonyl (C=O) groups excluding carboxylic acids is 2. The van der Waals surface area contributed by atoms with Crippen molar-refractivity contribution in [2.75, 3.05) is 11.5 Å². The molecule has 0 aliphatic carbocycles. The molecule has 0 aliphatic rings. The van der Waals surface area contributed by atoms with Crippen LogP contribution in [0.25, 0.3) is 0 Å². The van der Waals surface area contributed by atoms with Crippen molar-refractivity contribution in [2.45, 2.75) is 25.8 Å². The summed E-state index contributed by atoms with van der Waals surface area (Å²) in [5, 5.41) is 0.819. The fourth-order valence-corrected chi connectivity index (χ4v) is 3.02. The number of para-hydroxylation sites is 2. The van der Waals surface area contributed by atoms with Gasteiger partial charge < -0.3 is 10.5 Å². The van der Waals surface area contributed by atoms with Gasteiger partial charge in [0.1, 0.15) is 10.8 Å². The minimum absolute atomic E-state index is 0.310. The van der Waals surface area contributed by atoms with Crippen LogP contribution >= 0.6 is 24.0 Å². The highest BCUT2D eigenvalue weighted by Crippen LogP contribution is 2.37. The summed E-state index contributed by atoms with van der Waals surface area (Å²) in [5.41, 5.74) is 5.64. The molecular weight excluding hydrogens is 346 g/mol. The molecular formula is C16H19N3O3S2. The molecule has 0 aliphatic heterocycles. The van der Waals surface area contributed by atoms with Crippen molar-refractivity contribution in [3.8, 4) is 5.75 Å². The number of nitrogens with two attached hydrogens (primary N) is 1. The number of ether oxygens (including phenoxy) is 1. The zero-order valence-electron chi connectivity index (χ0n) is 13.6. The van der Waals surface area contributed by atoms with E-state index in [9.17, 15) is 9.59 Å². The van der Waals surface area contributed by atoms with Gasteiger partial charge in [-0.25, -0.2) is 9.88 Å². The minimum Gasteiger partial charge on any atom is -0.491 e. The Labute approximate surface area is 150 Å². The van der Waals surface area contributed by atoms with Crippen LogP contribution in [0.5, 0.6) is 5.75 Å². The number of aromatic nitrogens is 1. The van der Waals surface area contributed by atoms with E-state index in [4.69, 9.17) is 10.5 Å². The Bertz CT molecular complexity index is 739. The van der Waals surface area contributed by atoms with Crippen molar-refractivity contribution in [1.82, 2.24) is 4.98 Å². The molecule has 0 atom stereocenters. The highest BCUT2D eigenvalue weighted by atomic mass is 32.1. The van der Waals surface area contributed by atoms with E-state index >= 15 is 0 Å². The van der Waals surface area contributed by atoms with Gasteiger partial charge in [0, 0.05) is 4.88 Å². The van der Waals surface area contributed by atoms with E-state index in [1.165, 1.54) is 16.2 Å². The van der Waals surface area contributed by atoms with Gasteiger partial charge in [0.25, 0.3) is 0 Å². The summed E-state index contributed by atoms with van der Waals surface area (Å²) in [6.45, 7) is 6.35. The van der Waals surface area contributed by atoms with Gasteiger partial charge in [0.15, 0.2) is 5.13 Å². The molecule has 1 aromatic heterocycles. The minimum atomic E-state index is -1.07. The molecule has 0 radical (unpaired) electrons. The van der Waals surface area contributed by atoms with E-state index in [1.807, 2.05) is 20.8 Å². The van der Waals surface area contributed by atoms with Gasteiger partial charge in [-0.05, 0) is 25.0 Å². The number of hydrogen-bond acceptors (Lipinski definition) is 6. The van der Waals surface area contributed by atoms with Gasteiger partial charge in [-0.15, -0.1) is 24.0 Å². The van der Waals surface area contributed by atoms with Crippen molar-refractivity contribution >= 4 is 46.6 Å². The number of anilines is 2. The first kappa shape index (κ1) is 18.3. The Balaban J connectivity index is 2.52. The SMILES string of the molecule is Cc1sc(N(C(=O)C(N)=O)c2ccccc2OCC(C)C)nc1S. The van der Waals surface area contributed by atoms with Crippen LogP contribution in [-0.4, -0.2) is 23.4 Å². The van der Waals surface area contributed by atoms with Crippen LogP contribution in [0.2, 0.25) is 0 Å². The van der Waals surface area contributed by atoms with Crippen LogP contribution in [0, 0.1) is 12.8 Å². The second-order valence-electron chi connectivity index (χ2n) is 5.55. The van der Waals surface area contributed by atoms with Gasteiger partial charge in [0.2, 0.25) is 0 Å². The quantitative estimate of drug-likeness (QED) is 0.630. The summed E-state index contributed by atoms with van der Waals surface area (Å²) >= 11 is 5.50. The molecule has 0 saturated carbocycles. The molecule has 2 rings (SSSR count). The van der Waals surface area contributed by atoms with E-state index in [2.05, 4.69) is 17.6 Å². The van der Waals surface area contributed by atoms with Crippen molar-refractivity contribution in [3.05, 3.63) is 29.1 Å². The summed E-state index contributed by atoms with van der Waals surface area (Å²) in [7, 11) is 0. The van der Waals surface area contributed by atoms with E-state index < -0.39 is 11.8 Å². The fourth-order valence-electron chi connectivity index (χ4n) is 1.90. The van der Waals surface area contributed by atoms with Gasteiger partial charge in [-0.1, -0.05) is 26.0 Å². The maximum atomic E-state index is 12.4. The average Bonchev–Trinajstić information content (AvgIpc) is 2.85. The van der Waals surface area contributed by atoms with Crippen molar-refractivity contribution in [3.63, 3.8) is 0 Å². The van der Waals surface area contributed by atoms with Crippen molar-refractivity contribution < 1.29 is 14.3 Å². The highest BCUT2D eigenvalue weighted by Gasteiger charge is 2.28. The third-order valence-electron chi connectivity index (χ3n) is 3.04. The number of rotatable bonds is 5. The van der Waals surface area contributed by atoms with E-state index in [1.54, 1.807) is 24.3 Å². The van der Waals surface area contributed by atoms with Gasteiger partial charge >= 0.3 is 11.8 Å². The fraction of sp³-hybridized carbons (Fsp3) is 0.312. The lowest BCUT2D eigenvalue weighted by molar-refractivity contribution is -0.135. The summed E-state index contributed by atoms with van der Waals surface area (Å²) in [6, 6.07) is 6.97. The number of thiol groups is 1. The van der Waals surface area contributed by atoms with Crippen LogP contribution in [0.3, 0.4) is 0 Å². The van der Waals surface area contributed by atoms with Crippen LogP contribution in [0.1, 0.15) is 18.7 Å². The zero-order chi connectivity index (χ0) is 17.9. The molecule has 24 heavy (non-hydrogen) atoms. The van der Waals surface area contributed by atoms with Crippen LogP contribution in [0.15, 0.2) is 29.3 Å². The lowest BCUT2D eigenvalue weighted by Crippen LogP contribution is -2.37. The first-order valence-corrected chi connectivity index (χ1v) is 8.59. The second kappa shape index (κ2) is 7.67. The standard InChI is InChI=1S/C16H19N3O3S2/c1-9(2)8-22-12-7-5-4-6-11(12)19(15(21)13(17)20)16-18-14(23)10(3)24-16/h4-7,9,23H,8H2,1-3H3,(H2,17,20). The molecule has 1 aromatic carbocycles. The van der Waals surface area contributed by atoms with Gasteiger partial charge in [0.05, 0.1) is 12.3 Å². The first-order valence-electron chi connectivity index (χ1n) is 7.33. The van der Waals surface area contributed by atoms with E-state index in [0.29, 0.717) is 34.1 Å². The predicted molar refractivity (Wildman–Crippen MR) is 97.2 cm³/mol. The number of primary amides is 1. The maximum absolute atomic E-state index is 12.4. The molecule has 128 valence electrons. The number of amides is 2. The predicted octanol–water partition coefficient (Wildman–Crippen LogP) is 2.93. The summed E-state index contributed by atoms with van der Waals surface area (Å²) in [4.78, 5) is 30.2. The van der Waals surface area contributed by atoms with E-state index in [-0.39, 0.29) is 0 Å². The molecule has 8 heteroatoms. The number of thiazole rings is 1. The molecule has 0 fully saturated rings. The Morgan fingerprint density at radius 1 is 1.38 bits per heavy atom. The molecule has 1 heterocycles. The van der Waals surface area contributed by atoms with Crippen LogP contribution in [-0.2, 0) is 9.59 Å². The lowest BCUT2D eigenvalue weighted by atomic mass is 10.2. The normalized spacial score (nSPS) is 10.7. The molecule has 2 amide bonds. The molecule has 0 spiro atoms. The number of aryl methyl sites for hydroxylation is 1. The van der Waals surface area contributed by atoms with Crippen molar-refractivity contribution in [1.29, 1.82) is 0 Å². The molecule has 2 aromatic rings. The largest absolute Gasteiger partial charge is 0.491 e. The molecule has 0 saturated heterocycles. The zero-order valence-corrected chi connectivity index (χ0v) is 15.4. The molecule has 2 N–H and O–H groups in total. The van der Waals surface area contributed by atoms with Crippen LogP contribution in [0.4, 0.5) is 10.8 Å². The van der Waals surface area contributed by atoms with Crippen LogP contribution < -0.4 is 15.4 Å². The Morgan fingerprint density at radius 2 is 2.04 bits per heavy atom. The average molecular weight is 365 g/mol. The lowest BCUT2D eigenvalue weighted by Gasteiger charge is -2.21. The number of nitrogens with zero attached hydrogens (tertiary/aromatic N) is 2. The highest BCUT2D eigenvalue weighted by molar-refractivity contribution is 7.80. The number of carbonyl (C=O) groups is 2. The topological polar surface area (TPSA) is 85.5 Å². The third-order valence-corrected chi connectivity index (χ3v) is 4.59. The number of benzene rings is 1. The molecule has 6 nitrogen and oxygen atoms in total. The Morgan fingerprint density at radius 3 is 2.58 bits per heavy atom. The maximum Gasteiger partial charge on any atom is 0.322 e. The second-order valence-corrected chi connectivity index (χ2v) is 7.16. The first-order chi connectivity index (χ1) is 11.3. The number of hydrogen-bond donors (Lipinski definition) is 2. The monoisotopic (exact) mass is 365 g/mol. The van der Waals surface area contributed by atoms with Crippen molar-refractivity contribution in [2.24, 2.45) is 11.7 Å². The van der Waals surface area contributed by atoms with E-state index in [0.717, 1.165) is 4.88 Å². The summed E-state index contributed by atoms with van der Waals surface area (Å²) < 4.78 is 5.78. The van der Waals surface area contributed by atoms with Gasteiger partial charge in [-0.2, -0.15) is 0 Å². The summed E-state index contributed by atoms with van der Waals surface area (Å²) in [6.07, 6.45) is 0. The van der Waals surface area contributed by atoms with Gasteiger partial charge in [-0.3, -0.25) is 9.59 Å². The molecule has 0 unspecified atom stereocenters. The Hall–Kier alpha value is -2.06. The smallest absolute Gasteiger partial charge is 0.322 e. The third kappa shape index (κ3) is 4.07. The molecule has 0 bridgehead atoms. The summed E-state index contributed by atoms with van der Waals surface area (Å²) in [5.74, 6) is -1.15. The Kier molecular flexibility index (Phi) is 5.84.